The second kappa shape index (κ2) is 9.87. The minimum atomic E-state index is -0.00456. The maximum Gasteiger partial charge on any atom is 0.246 e. The van der Waals surface area contributed by atoms with Crippen molar-refractivity contribution in [2.45, 2.75) is 20.3 Å². The lowest BCUT2D eigenvalue weighted by molar-refractivity contribution is -0.128. The predicted octanol–water partition coefficient (Wildman–Crippen LogP) is 4.09. The Morgan fingerprint density at radius 2 is 1.03 bits per heavy atom. The summed E-state index contributed by atoms with van der Waals surface area (Å²) in [5.74, 6) is -0.00913. The molecule has 3 rings (SSSR count). The molecule has 0 aromatic heterocycles. The van der Waals surface area contributed by atoms with Crippen LogP contribution in [0.3, 0.4) is 0 Å². The van der Waals surface area contributed by atoms with E-state index in [0.29, 0.717) is 26.2 Å². The number of aryl methyl sites for hydroxylation is 2. The van der Waals surface area contributed by atoms with Gasteiger partial charge in [0.25, 0.3) is 0 Å². The highest BCUT2D eigenvalue weighted by Crippen LogP contribution is 2.10. The molecular formula is C25H28N2O2. The van der Waals surface area contributed by atoms with E-state index in [9.17, 15) is 9.59 Å². The van der Waals surface area contributed by atoms with Gasteiger partial charge in [-0.3, -0.25) is 9.59 Å². The normalized spacial score (nSPS) is 15.1. The number of hydrogen-bond donors (Lipinski definition) is 0. The molecule has 2 amide bonds. The molecule has 2 aromatic carbocycles. The second-order valence-corrected chi connectivity index (χ2v) is 7.49. The Kier molecular flexibility index (Phi) is 7.01. The van der Waals surface area contributed by atoms with Gasteiger partial charge >= 0.3 is 0 Å². The van der Waals surface area contributed by atoms with Gasteiger partial charge < -0.3 is 9.80 Å². The Morgan fingerprint density at radius 1 is 0.655 bits per heavy atom. The highest BCUT2D eigenvalue weighted by Gasteiger charge is 2.19. The summed E-state index contributed by atoms with van der Waals surface area (Å²) < 4.78 is 0. The van der Waals surface area contributed by atoms with E-state index in [-0.39, 0.29) is 11.8 Å². The van der Waals surface area contributed by atoms with Crippen LogP contribution in [0.15, 0.2) is 60.7 Å². The monoisotopic (exact) mass is 388 g/mol. The standard InChI is InChI=1S/C25H28N2O2/c1-20-4-8-22(9-5-20)12-14-24(28)26-16-3-17-27(19-18-26)25(29)15-13-23-10-6-21(2)7-11-23/h4-15H,3,16-19H2,1-2H3/b14-12+,15-13+. The summed E-state index contributed by atoms with van der Waals surface area (Å²) in [5, 5.41) is 0. The Labute approximate surface area is 173 Å². The fraction of sp³-hybridized carbons (Fsp3) is 0.280. The lowest BCUT2D eigenvalue weighted by atomic mass is 10.1. The third kappa shape index (κ3) is 6.18. The average molecular weight is 389 g/mol. The number of amides is 2. The third-order valence-corrected chi connectivity index (χ3v) is 5.11. The van der Waals surface area contributed by atoms with Gasteiger partial charge in [-0.15, -0.1) is 0 Å². The number of hydrogen-bond acceptors (Lipinski definition) is 2. The minimum absolute atomic E-state index is 0.00456. The first-order valence-corrected chi connectivity index (χ1v) is 10.1. The Balaban J connectivity index is 1.53. The molecule has 0 radical (unpaired) electrons. The molecule has 1 aliphatic rings. The lowest BCUT2D eigenvalue weighted by Crippen LogP contribution is -2.36. The summed E-state index contributed by atoms with van der Waals surface area (Å²) in [6.07, 6.45) is 7.73. The minimum Gasteiger partial charge on any atom is -0.337 e. The molecule has 0 saturated carbocycles. The molecule has 0 bridgehead atoms. The van der Waals surface area contributed by atoms with Gasteiger partial charge in [-0.1, -0.05) is 59.7 Å². The van der Waals surface area contributed by atoms with E-state index in [1.54, 1.807) is 12.2 Å². The van der Waals surface area contributed by atoms with E-state index < -0.39 is 0 Å². The maximum atomic E-state index is 12.5. The molecule has 4 nitrogen and oxygen atoms in total. The van der Waals surface area contributed by atoms with Gasteiger partial charge in [0.1, 0.15) is 0 Å². The van der Waals surface area contributed by atoms with Crippen LogP contribution >= 0.6 is 0 Å². The summed E-state index contributed by atoms with van der Waals surface area (Å²) in [5.41, 5.74) is 4.41. The summed E-state index contributed by atoms with van der Waals surface area (Å²) in [7, 11) is 0. The van der Waals surface area contributed by atoms with Crippen molar-refractivity contribution in [1.29, 1.82) is 0 Å². The number of nitrogens with zero attached hydrogens (tertiary/aromatic N) is 2. The SMILES string of the molecule is Cc1ccc(/C=C/C(=O)N2CCCN(C(=O)/C=C/c3ccc(C)cc3)CC2)cc1. The first kappa shape index (κ1) is 20.6. The molecular weight excluding hydrogens is 360 g/mol. The molecule has 0 unspecified atom stereocenters. The number of carbonyl (C=O) groups is 2. The van der Waals surface area contributed by atoms with Crippen molar-refractivity contribution in [2.24, 2.45) is 0 Å². The number of carbonyl (C=O) groups excluding carboxylic acids is 2. The first-order chi connectivity index (χ1) is 14.0. The molecule has 0 spiro atoms. The highest BCUT2D eigenvalue weighted by atomic mass is 16.2. The topological polar surface area (TPSA) is 40.6 Å². The van der Waals surface area contributed by atoms with E-state index in [2.05, 4.69) is 0 Å². The zero-order chi connectivity index (χ0) is 20.6. The van der Waals surface area contributed by atoms with Crippen LogP contribution in [0.1, 0.15) is 28.7 Å². The zero-order valence-electron chi connectivity index (χ0n) is 17.2. The van der Waals surface area contributed by atoms with E-state index in [1.165, 1.54) is 11.1 Å². The number of rotatable bonds is 4. The molecule has 1 heterocycles. The molecule has 4 heteroatoms. The smallest absolute Gasteiger partial charge is 0.246 e. The Bertz CT molecular complexity index is 820. The van der Waals surface area contributed by atoms with Crippen LogP contribution in [0.25, 0.3) is 12.2 Å². The molecule has 0 atom stereocenters. The summed E-state index contributed by atoms with van der Waals surface area (Å²) in [6, 6.07) is 16.1. The van der Waals surface area contributed by atoms with Gasteiger partial charge in [0.05, 0.1) is 0 Å². The summed E-state index contributed by atoms with van der Waals surface area (Å²) in [6.45, 7) is 6.53. The largest absolute Gasteiger partial charge is 0.337 e. The van der Waals surface area contributed by atoms with Crippen molar-refractivity contribution < 1.29 is 9.59 Å². The van der Waals surface area contributed by atoms with Gasteiger partial charge in [-0.2, -0.15) is 0 Å². The van der Waals surface area contributed by atoms with E-state index in [0.717, 1.165) is 17.5 Å². The van der Waals surface area contributed by atoms with E-state index in [4.69, 9.17) is 0 Å². The Hall–Kier alpha value is -3.14. The van der Waals surface area contributed by atoms with E-state index >= 15 is 0 Å². The Morgan fingerprint density at radius 3 is 1.41 bits per heavy atom. The first-order valence-electron chi connectivity index (χ1n) is 10.1. The summed E-state index contributed by atoms with van der Waals surface area (Å²) >= 11 is 0. The molecule has 2 aromatic rings. The van der Waals surface area contributed by atoms with Crippen LogP contribution in [0.4, 0.5) is 0 Å². The average Bonchev–Trinajstić information content (AvgIpc) is 2.99. The van der Waals surface area contributed by atoms with Crippen LogP contribution in [-0.4, -0.2) is 47.8 Å². The molecule has 0 N–H and O–H groups in total. The van der Waals surface area contributed by atoms with Gasteiger partial charge in [0.2, 0.25) is 11.8 Å². The third-order valence-electron chi connectivity index (χ3n) is 5.11. The van der Waals surface area contributed by atoms with Crippen molar-refractivity contribution >= 4 is 24.0 Å². The van der Waals surface area contributed by atoms with Crippen LogP contribution in [-0.2, 0) is 9.59 Å². The quantitative estimate of drug-likeness (QED) is 0.740. The van der Waals surface area contributed by atoms with Gasteiger partial charge in [-0.05, 0) is 43.5 Å². The van der Waals surface area contributed by atoms with Crippen molar-refractivity contribution in [2.75, 3.05) is 26.2 Å². The van der Waals surface area contributed by atoms with Crippen LogP contribution < -0.4 is 0 Å². The van der Waals surface area contributed by atoms with Gasteiger partial charge in [-0.25, -0.2) is 0 Å². The van der Waals surface area contributed by atoms with Crippen LogP contribution in [0.2, 0.25) is 0 Å². The van der Waals surface area contributed by atoms with Crippen LogP contribution in [0.5, 0.6) is 0 Å². The van der Waals surface area contributed by atoms with Gasteiger partial charge in [0, 0.05) is 38.3 Å². The fourth-order valence-electron chi connectivity index (χ4n) is 3.26. The summed E-state index contributed by atoms with van der Waals surface area (Å²) in [4.78, 5) is 28.7. The van der Waals surface area contributed by atoms with Crippen molar-refractivity contribution in [3.8, 4) is 0 Å². The van der Waals surface area contributed by atoms with Crippen molar-refractivity contribution in [1.82, 2.24) is 9.80 Å². The molecule has 1 fully saturated rings. The second-order valence-electron chi connectivity index (χ2n) is 7.49. The van der Waals surface area contributed by atoms with Crippen molar-refractivity contribution in [3.05, 3.63) is 82.9 Å². The molecule has 29 heavy (non-hydrogen) atoms. The predicted molar refractivity (Wildman–Crippen MR) is 118 cm³/mol. The maximum absolute atomic E-state index is 12.5. The molecule has 150 valence electrons. The lowest BCUT2D eigenvalue weighted by Gasteiger charge is -2.20. The highest BCUT2D eigenvalue weighted by molar-refractivity contribution is 5.93. The van der Waals surface area contributed by atoms with Crippen molar-refractivity contribution in [3.63, 3.8) is 0 Å². The molecule has 1 aliphatic heterocycles. The molecule has 0 aliphatic carbocycles. The zero-order valence-corrected chi connectivity index (χ0v) is 17.2. The molecule has 1 saturated heterocycles. The van der Waals surface area contributed by atoms with E-state index in [1.807, 2.05) is 84.3 Å². The fourth-order valence-corrected chi connectivity index (χ4v) is 3.26. The van der Waals surface area contributed by atoms with Gasteiger partial charge in [0.15, 0.2) is 0 Å². The van der Waals surface area contributed by atoms with Crippen LogP contribution in [0, 0.1) is 13.8 Å². The number of benzene rings is 2.